The standard InChI is InChI=1S/C12H17N3O4/c13-6-2-1-5-9(12(18)19)15-10-8(11(16)17)4-3-7-14-10/h3-4,7,9H,1-2,5-6,13H2,(H,14,15)(H,16,17)(H,18,19)/t9-/m0/s1. The second-order valence-corrected chi connectivity index (χ2v) is 4.02. The van der Waals surface area contributed by atoms with Gasteiger partial charge in [0.15, 0.2) is 0 Å². The van der Waals surface area contributed by atoms with Crippen LogP contribution in [0.1, 0.15) is 29.6 Å². The van der Waals surface area contributed by atoms with E-state index >= 15 is 0 Å². The average molecular weight is 267 g/mol. The van der Waals surface area contributed by atoms with Gasteiger partial charge in [-0.25, -0.2) is 14.6 Å². The zero-order valence-electron chi connectivity index (χ0n) is 10.4. The summed E-state index contributed by atoms with van der Waals surface area (Å²) >= 11 is 0. The Morgan fingerprint density at radius 1 is 1.37 bits per heavy atom. The van der Waals surface area contributed by atoms with Crippen LogP contribution in [0.3, 0.4) is 0 Å². The molecule has 0 aliphatic heterocycles. The number of hydrogen-bond donors (Lipinski definition) is 4. The smallest absolute Gasteiger partial charge is 0.339 e. The fourth-order valence-electron chi connectivity index (χ4n) is 1.61. The van der Waals surface area contributed by atoms with Gasteiger partial charge in [0.25, 0.3) is 0 Å². The summed E-state index contributed by atoms with van der Waals surface area (Å²) in [7, 11) is 0. The van der Waals surface area contributed by atoms with Crippen LogP contribution in [0.4, 0.5) is 5.82 Å². The minimum atomic E-state index is -1.15. The number of carboxylic acids is 2. The van der Waals surface area contributed by atoms with Crippen molar-refractivity contribution in [2.75, 3.05) is 11.9 Å². The minimum Gasteiger partial charge on any atom is -0.480 e. The number of anilines is 1. The normalized spacial score (nSPS) is 11.8. The van der Waals surface area contributed by atoms with Crippen molar-refractivity contribution in [2.45, 2.75) is 25.3 Å². The van der Waals surface area contributed by atoms with Gasteiger partial charge in [-0.15, -0.1) is 0 Å². The van der Waals surface area contributed by atoms with E-state index < -0.39 is 18.0 Å². The summed E-state index contributed by atoms with van der Waals surface area (Å²) in [6, 6.07) is 1.98. The number of pyridine rings is 1. The summed E-state index contributed by atoms with van der Waals surface area (Å²) in [5, 5.41) is 20.7. The van der Waals surface area contributed by atoms with Gasteiger partial charge in [-0.3, -0.25) is 0 Å². The molecule has 5 N–H and O–H groups in total. The molecule has 0 aliphatic rings. The van der Waals surface area contributed by atoms with Crippen LogP contribution in [0, 0.1) is 0 Å². The van der Waals surface area contributed by atoms with Gasteiger partial charge in [0.2, 0.25) is 0 Å². The predicted molar refractivity (Wildman–Crippen MR) is 69.1 cm³/mol. The molecule has 0 saturated carbocycles. The zero-order valence-corrected chi connectivity index (χ0v) is 10.4. The van der Waals surface area contributed by atoms with E-state index in [1.165, 1.54) is 18.3 Å². The molecular formula is C12H17N3O4. The topological polar surface area (TPSA) is 126 Å². The lowest BCUT2D eigenvalue weighted by Gasteiger charge is -2.16. The highest BCUT2D eigenvalue weighted by Gasteiger charge is 2.20. The molecule has 0 aromatic carbocycles. The maximum Gasteiger partial charge on any atom is 0.339 e. The van der Waals surface area contributed by atoms with Crippen molar-refractivity contribution in [3.63, 3.8) is 0 Å². The number of unbranched alkanes of at least 4 members (excludes halogenated alkanes) is 1. The Morgan fingerprint density at radius 2 is 2.11 bits per heavy atom. The lowest BCUT2D eigenvalue weighted by atomic mass is 10.1. The van der Waals surface area contributed by atoms with Gasteiger partial charge in [0, 0.05) is 6.20 Å². The zero-order chi connectivity index (χ0) is 14.3. The highest BCUT2D eigenvalue weighted by Crippen LogP contribution is 2.14. The number of carbonyl (C=O) groups is 2. The van der Waals surface area contributed by atoms with Gasteiger partial charge in [-0.2, -0.15) is 0 Å². The van der Waals surface area contributed by atoms with Crippen LogP contribution in [-0.2, 0) is 4.79 Å². The molecule has 19 heavy (non-hydrogen) atoms. The summed E-state index contributed by atoms with van der Waals surface area (Å²) in [6.07, 6.45) is 3.14. The Hall–Kier alpha value is -2.15. The van der Waals surface area contributed by atoms with E-state index in [0.29, 0.717) is 19.4 Å². The number of nitrogens with two attached hydrogens (primary N) is 1. The summed E-state index contributed by atoms with van der Waals surface area (Å²) in [6.45, 7) is 0.496. The quantitative estimate of drug-likeness (QED) is 0.512. The second kappa shape index (κ2) is 7.32. The number of rotatable bonds is 8. The maximum absolute atomic E-state index is 11.1. The van der Waals surface area contributed by atoms with Crippen molar-refractivity contribution in [3.8, 4) is 0 Å². The predicted octanol–water partition coefficient (Wildman–Crippen LogP) is 0.774. The van der Waals surface area contributed by atoms with Crippen LogP contribution in [0.25, 0.3) is 0 Å². The van der Waals surface area contributed by atoms with Gasteiger partial charge < -0.3 is 21.3 Å². The molecule has 7 nitrogen and oxygen atoms in total. The third kappa shape index (κ3) is 4.55. The Kier molecular flexibility index (Phi) is 5.74. The van der Waals surface area contributed by atoms with E-state index in [9.17, 15) is 9.59 Å². The van der Waals surface area contributed by atoms with Gasteiger partial charge in [-0.1, -0.05) is 0 Å². The Balaban J connectivity index is 2.79. The molecule has 0 fully saturated rings. The molecule has 1 rings (SSSR count). The Labute approximate surface area is 110 Å². The molecule has 1 aromatic heterocycles. The van der Waals surface area contributed by atoms with Gasteiger partial charge in [0.05, 0.1) is 0 Å². The molecule has 7 heteroatoms. The average Bonchev–Trinajstić information content (AvgIpc) is 2.38. The second-order valence-electron chi connectivity index (χ2n) is 4.02. The number of hydrogen-bond acceptors (Lipinski definition) is 5. The van der Waals surface area contributed by atoms with E-state index in [4.69, 9.17) is 15.9 Å². The van der Waals surface area contributed by atoms with E-state index in [1.54, 1.807) is 0 Å². The van der Waals surface area contributed by atoms with E-state index in [1.807, 2.05) is 0 Å². The Morgan fingerprint density at radius 3 is 2.68 bits per heavy atom. The molecule has 104 valence electrons. The molecule has 1 heterocycles. The molecule has 0 unspecified atom stereocenters. The number of nitrogens with one attached hydrogen (secondary N) is 1. The molecule has 0 radical (unpaired) electrons. The summed E-state index contributed by atoms with van der Waals surface area (Å²) < 4.78 is 0. The van der Waals surface area contributed by atoms with Crippen molar-refractivity contribution in [1.29, 1.82) is 0 Å². The van der Waals surface area contributed by atoms with Gasteiger partial charge in [-0.05, 0) is 37.9 Å². The Bertz CT molecular complexity index is 450. The summed E-state index contributed by atoms with van der Waals surface area (Å²) in [5.74, 6) is -2.13. The minimum absolute atomic E-state index is 0.0485. The van der Waals surface area contributed by atoms with Crippen LogP contribution in [0.2, 0.25) is 0 Å². The molecule has 0 saturated heterocycles. The highest BCUT2D eigenvalue weighted by atomic mass is 16.4. The molecule has 1 aromatic rings. The van der Waals surface area contributed by atoms with Gasteiger partial charge >= 0.3 is 11.9 Å². The first-order valence-corrected chi connectivity index (χ1v) is 5.94. The first-order valence-electron chi connectivity index (χ1n) is 5.94. The van der Waals surface area contributed by atoms with Crippen LogP contribution < -0.4 is 11.1 Å². The third-order valence-electron chi connectivity index (χ3n) is 2.59. The SMILES string of the molecule is NCCCC[C@H](Nc1ncccc1C(=O)O)C(=O)O. The highest BCUT2D eigenvalue weighted by molar-refractivity contribution is 5.93. The lowest BCUT2D eigenvalue weighted by molar-refractivity contribution is -0.138. The number of aromatic nitrogens is 1. The largest absolute Gasteiger partial charge is 0.480 e. The van der Waals surface area contributed by atoms with Crippen LogP contribution in [-0.4, -0.2) is 39.7 Å². The van der Waals surface area contributed by atoms with Crippen LogP contribution in [0.15, 0.2) is 18.3 Å². The van der Waals surface area contributed by atoms with Gasteiger partial charge in [0.1, 0.15) is 17.4 Å². The van der Waals surface area contributed by atoms with Crippen molar-refractivity contribution in [1.82, 2.24) is 4.98 Å². The number of aromatic carboxylic acids is 1. The third-order valence-corrected chi connectivity index (χ3v) is 2.59. The molecule has 0 amide bonds. The molecule has 0 bridgehead atoms. The fourth-order valence-corrected chi connectivity index (χ4v) is 1.61. The lowest BCUT2D eigenvalue weighted by Crippen LogP contribution is -2.30. The van der Waals surface area contributed by atoms with E-state index in [-0.39, 0.29) is 11.4 Å². The van der Waals surface area contributed by atoms with Crippen LogP contribution >= 0.6 is 0 Å². The fraction of sp³-hybridized carbons (Fsp3) is 0.417. The monoisotopic (exact) mass is 267 g/mol. The number of nitrogens with zero attached hydrogens (tertiary/aromatic N) is 1. The summed E-state index contributed by atoms with van der Waals surface area (Å²) in [5.41, 5.74) is 5.30. The van der Waals surface area contributed by atoms with E-state index in [0.717, 1.165) is 6.42 Å². The van der Waals surface area contributed by atoms with Crippen molar-refractivity contribution >= 4 is 17.8 Å². The van der Waals surface area contributed by atoms with Crippen molar-refractivity contribution in [2.24, 2.45) is 5.73 Å². The first-order chi connectivity index (χ1) is 9.06. The molecule has 1 atom stereocenters. The van der Waals surface area contributed by atoms with Crippen LogP contribution in [0.5, 0.6) is 0 Å². The maximum atomic E-state index is 11.1. The van der Waals surface area contributed by atoms with E-state index in [2.05, 4.69) is 10.3 Å². The first kappa shape index (κ1) is 14.9. The molecule has 0 aliphatic carbocycles. The number of aliphatic carboxylic acids is 1. The van der Waals surface area contributed by atoms with Crippen molar-refractivity contribution < 1.29 is 19.8 Å². The van der Waals surface area contributed by atoms with Crippen molar-refractivity contribution in [3.05, 3.63) is 23.9 Å². The number of carboxylic acid groups (broad SMARTS) is 2. The molecule has 0 spiro atoms. The molecular weight excluding hydrogens is 250 g/mol. The summed E-state index contributed by atoms with van der Waals surface area (Å²) in [4.78, 5) is 26.0.